The Hall–Kier alpha value is -3.10. The maximum atomic E-state index is 12.4. The summed E-state index contributed by atoms with van der Waals surface area (Å²) < 4.78 is 0. The van der Waals surface area contributed by atoms with Crippen LogP contribution in [0.25, 0.3) is 0 Å². The Bertz CT molecular complexity index is 1130. The van der Waals surface area contributed by atoms with Crippen LogP contribution in [-0.2, 0) is 0 Å². The molecule has 2 saturated carbocycles. The SMILES string of the molecule is Cc1cc(C)c(NC(=O)N[C@@H]2CCCC[C@H]2N(C)C)c(C)c1.Cc1cc(C)c(NC(=O)N[C@@H]2CCCC[C@H]2N(C)C)c(C)c1. The van der Waals surface area contributed by atoms with Gasteiger partial charge in [-0.2, -0.15) is 0 Å². The molecule has 244 valence electrons. The van der Waals surface area contributed by atoms with Gasteiger partial charge in [-0.25, -0.2) is 9.59 Å². The molecule has 8 nitrogen and oxygen atoms in total. The first-order chi connectivity index (χ1) is 20.8. The molecule has 0 aliphatic heterocycles. The first-order valence-corrected chi connectivity index (χ1v) is 16.4. The van der Waals surface area contributed by atoms with E-state index in [0.717, 1.165) is 59.3 Å². The number of nitrogens with one attached hydrogen (secondary N) is 4. The van der Waals surface area contributed by atoms with Crippen molar-refractivity contribution in [3.8, 4) is 0 Å². The number of hydrogen-bond acceptors (Lipinski definition) is 4. The highest BCUT2D eigenvalue weighted by molar-refractivity contribution is 5.92. The van der Waals surface area contributed by atoms with E-state index in [1.807, 2.05) is 27.7 Å². The third-order valence-electron chi connectivity index (χ3n) is 9.25. The summed E-state index contributed by atoms with van der Waals surface area (Å²) in [5.74, 6) is 0. The fraction of sp³-hybridized carbons (Fsp3) is 0.611. The molecule has 2 aliphatic rings. The molecule has 0 spiro atoms. The molecule has 0 bridgehead atoms. The van der Waals surface area contributed by atoms with Crippen molar-refractivity contribution in [2.75, 3.05) is 38.8 Å². The highest BCUT2D eigenvalue weighted by Crippen LogP contribution is 2.25. The Labute approximate surface area is 266 Å². The molecule has 4 amide bonds. The lowest BCUT2D eigenvalue weighted by molar-refractivity contribution is 0.177. The van der Waals surface area contributed by atoms with Crippen LogP contribution in [0.5, 0.6) is 0 Å². The predicted molar refractivity (Wildman–Crippen MR) is 185 cm³/mol. The van der Waals surface area contributed by atoms with Gasteiger partial charge < -0.3 is 31.1 Å². The number of aryl methyl sites for hydroxylation is 6. The monoisotopic (exact) mass is 606 g/mol. The number of nitrogens with zero attached hydrogens (tertiary/aromatic N) is 2. The second-order valence-electron chi connectivity index (χ2n) is 13.6. The summed E-state index contributed by atoms with van der Waals surface area (Å²) >= 11 is 0. The van der Waals surface area contributed by atoms with Crippen LogP contribution in [-0.4, -0.2) is 74.2 Å². The smallest absolute Gasteiger partial charge is 0.319 e. The average Bonchev–Trinajstić information content (AvgIpc) is 2.93. The number of carbonyl (C=O) groups excluding carboxylic acids is 2. The van der Waals surface area contributed by atoms with Crippen LogP contribution in [0.15, 0.2) is 24.3 Å². The summed E-state index contributed by atoms with van der Waals surface area (Å²) in [6.07, 6.45) is 9.30. The highest BCUT2D eigenvalue weighted by atomic mass is 16.2. The number of amides is 4. The van der Waals surface area contributed by atoms with Crippen LogP contribution in [0.2, 0.25) is 0 Å². The normalized spacial score (nSPS) is 21.7. The minimum absolute atomic E-state index is 0.0891. The summed E-state index contributed by atoms with van der Waals surface area (Å²) in [6, 6.07) is 9.56. The van der Waals surface area contributed by atoms with Crippen molar-refractivity contribution >= 4 is 23.4 Å². The van der Waals surface area contributed by atoms with Crippen molar-refractivity contribution < 1.29 is 9.59 Å². The van der Waals surface area contributed by atoms with Gasteiger partial charge in [0, 0.05) is 35.5 Å². The lowest BCUT2D eigenvalue weighted by Gasteiger charge is -2.36. The number of anilines is 2. The molecular formula is C36H58N6O2. The molecule has 0 aromatic heterocycles. The molecule has 4 rings (SSSR count). The summed E-state index contributed by atoms with van der Waals surface area (Å²) in [5, 5.41) is 12.4. The van der Waals surface area contributed by atoms with E-state index >= 15 is 0 Å². The molecule has 8 heteroatoms. The number of benzene rings is 2. The van der Waals surface area contributed by atoms with Crippen LogP contribution < -0.4 is 21.3 Å². The van der Waals surface area contributed by atoms with Crippen LogP contribution in [0.1, 0.15) is 84.7 Å². The van der Waals surface area contributed by atoms with Gasteiger partial charge in [-0.05, 0) is 118 Å². The average molecular weight is 607 g/mol. The van der Waals surface area contributed by atoms with Gasteiger partial charge in [-0.1, -0.05) is 61.1 Å². The molecule has 0 radical (unpaired) electrons. The second-order valence-corrected chi connectivity index (χ2v) is 13.6. The molecular weight excluding hydrogens is 548 g/mol. The number of hydrogen-bond donors (Lipinski definition) is 4. The zero-order chi connectivity index (χ0) is 32.6. The van der Waals surface area contributed by atoms with Gasteiger partial charge in [0.15, 0.2) is 0 Å². The molecule has 0 saturated heterocycles. The van der Waals surface area contributed by atoms with Gasteiger partial charge in [0.1, 0.15) is 0 Å². The van der Waals surface area contributed by atoms with E-state index in [2.05, 4.69) is 97.4 Å². The summed E-state index contributed by atoms with van der Waals surface area (Å²) in [4.78, 5) is 29.3. The van der Waals surface area contributed by atoms with Gasteiger partial charge in [-0.3, -0.25) is 0 Å². The van der Waals surface area contributed by atoms with E-state index in [0.29, 0.717) is 12.1 Å². The van der Waals surface area contributed by atoms with Crippen molar-refractivity contribution in [2.45, 2.75) is 117 Å². The van der Waals surface area contributed by atoms with Crippen molar-refractivity contribution in [3.63, 3.8) is 0 Å². The van der Waals surface area contributed by atoms with Crippen molar-refractivity contribution in [3.05, 3.63) is 57.6 Å². The topological polar surface area (TPSA) is 88.7 Å². The fourth-order valence-corrected chi connectivity index (χ4v) is 7.19. The third kappa shape index (κ3) is 9.96. The van der Waals surface area contributed by atoms with Gasteiger partial charge in [-0.15, -0.1) is 0 Å². The Balaban J connectivity index is 0.000000240. The number of carbonyl (C=O) groups is 2. The number of likely N-dealkylation sites (N-methyl/N-ethyl adjacent to an activating group) is 2. The minimum Gasteiger partial charge on any atom is -0.334 e. The summed E-state index contributed by atoms with van der Waals surface area (Å²) in [6.45, 7) is 12.3. The van der Waals surface area contributed by atoms with E-state index in [1.165, 1.54) is 36.8 Å². The van der Waals surface area contributed by atoms with Gasteiger partial charge in [0.05, 0.1) is 0 Å². The Morgan fingerprint density at radius 2 is 0.841 bits per heavy atom. The highest BCUT2D eigenvalue weighted by Gasteiger charge is 2.29. The minimum atomic E-state index is -0.0891. The van der Waals surface area contributed by atoms with Crippen molar-refractivity contribution in [1.29, 1.82) is 0 Å². The standard InChI is InChI=1S/2C18H29N3O/c2*1-12-10-13(2)17(14(3)11-12)20-18(22)19-15-8-6-7-9-16(15)21(4)5/h2*10-11,15-16H,6-9H2,1-5H3,(H2,19,20,22)/t2*15-,16-/m11/s1. The van der Waals surface area contributed by atoms with E-state index in [1.54, 1.807) is 0 Å². The van der Waals surface area contributed by atoms with E-state index in [9.17, 15) is 9.59 Å². The Kier molecular flexibility index (Phi) is 13.1. The molecule has 4 N–H and O–H groups in total. The zero-order valence-electron chi connectivity index (χ0n) is 29.0. The molecule has 2 fully saturated rings. The summed E-state index contributed by atoms with van der Waals surface area (Å²) in [5.41, 5.74) is 8.75. The van der Waals surface area contributed by atoms with Crippen LogP contribution >= 0.6 is 0 Å². The van der Waals surface area contributed by atoms with Crippen molar-refractivity contribution in [2.24, 2.45) is 0 Å². The molecule has 0 heterocycles. The first-order valence-electron chi connectivity index (χ1n) is 16.4. The lowest BCUT2D eigenvalue weighted by atomic mass is 9.89. The van der Waals surface area contributed by atoms with E-state index in [4.69, 9.17) is 0 Å². The quantitative estimate of drug-likeness (QED) is 0.280. The maximum Gasteiger partial charge on any atom is 0.319 e. The van der Waals surface area contributed by atoms with E-state index in [-0.39, 0.29) is 24.1 Å². The summed E-state index contributed by atoms with van der Waals surface area (Å²) in [7, 11) is 8.38. The van der Waals surface area contributed by atoms with Gasteiger partial charge >= 0.3 is 12.1 Å². The second kappa shape index (κ2) is 16.3. The Morgan fingerprint density at radius 3 is 1.14 bits per heavy atom. The van der Waals surface area contributed by atoms with Crippen molar-refractivity contribution in [1.82, 2.24) is 20.4 Å². The van der Waals surface area contributed by atoms with Gasteiger partial charge in [0.2, 0.25) is 0 Å². The molecule has 2 aromatic rings. The molecule has 2 aromatic carbocycles. The van der Waals surface area contributed by atoms with Crippen LogP contribution in [0.3, 0.4) is 0 Å². The maximum absolute atomic E-state index is 12.4. The molecule has 44 heavy (non-hydrogen) atoms. The zero-order valence-corrected chi connectivity index (χ0v) is 29.0. The fourth-order valence-electron chi connectivity index (χ4n) is 7.19. The van der Waals surface area contributed by atoms with Crippen LogP contribution in [0.4, 0.5) is 21.0 Å². The number of rotatable bonds is 6. The van der Waals surface area contributed by atoms with Gasteiger partial charge in [0.25, 0.3) is 0 Å². The van der Waals surface area contributed by atoms with Crippen LogP contribution in [0, 0.1) is 41.5 Å². The van der Waals surface area contributed by atoms with E-state index < -0.39 is 0 Å². The number of urea groups is 2. The third-order valence-corrected chi connectivity index (χ3v) is 9.25. The largest absolute Gasteiger partial charge is 0.334 e. The first kappa shape index (κ1) is 35.4. The Morgan fingerprint density at radius 1 is 0.545 bits per heavy atom. The molecule has 2 aliphatic carbocycles. The molecule has 0 unspecified atom stereocenters. The predicted octanol–water partition coefficient (Wildman–Crippen LogP) is 7.21. The molecule has 4 atom stereocenters. The lowest BCUT2D eigenvalue weighted by Crippen LogP contribution is -2.52.